The lowest BCUT2D eigenvalue weighted by Crippen LogP contribution is -2.10. The van der Waals surface area contributed by atoms with Crippen molar-refractivity contribution in [2.75, 3.05) is 0 Å². The Hall–Kier alpha value is -1.98. The third kappa shape index (κ3) is 2.07. The molecule has 0 saturated carbocycles. The molecule has 1 heterocycles. The zero-order valence-corrected chi connectivity index (χ0v) is 11.7. The lowest BCUT2D eigenvalue weighted by Gasteiger charge is -2.13. The number of hydrogen-bond acceptors (Lipinski definition) is 4. The van der Waals surface area contributed by atoms with E-state index in [0.29, 0.717) is 16.6 Å². The molecule has 0 atom stereocenters. The van der Waals surface area contributed by atoms with Crippen molar-refractivity contribution in [1.82, 2.24) is 15.0 Å². The van der Waals surface area contributed by atoms with Crippen LogP contribution in [0.25, 0.3) is 11.0 Å². The van der Waals surface area contributed by atoms with E-state index in [4.69, 9.17) is 0 Å². The van der Waals surface area contributed by atoms with Crippen molar-refractivity contribution < 1.29 is 4.92 Å². The van der Waals surface area contributed by atoms with E-state index in [1.165, 1.54) is 0 Å². The molecule has 102 valence electrons. The maximum absolute atomic E-state index is 11.4. The predicted octanol–water partition coefficient (Wildman–Crippen LogP) is 3.32. The minimum absolute atomic E-state index is 0.131. The summed E-state index contributed by atoms with van der Waals surface area (Å²) in [6.07, 6.45) is 1.75. The maximum atomic E-state index is 11.4. The summed E-state index contributed by atoms with van der Waals surface area (Å²) in [5, 5.41) is 19.6. The molecular weight excluding hydrogens is 244 g/mol. The summed E-state index contributed by atoms with van der Waals surface area (Å²) in [6.45, 7) is 7.73. The normalized spacial score (nSPS) is 11.4. The number of nitrogens with zero attached hydrogens (tertiary/aromatic N) is 4. The van der Waals surface area contributed by atoms with E-state index in [1.54, 1.807) is 11.6 Å². The number of benzene rings is 1. The van der Waals surface area contributed by atoms with Gasteiger partial charge in [0.25, 0.3) is 5.69 Å². The first kappa shape index (κ1) is 13.5. The molecule has 19 heavy (non-hydrogen) atoms. The molecule has 0 N–H and O–H groups in total. The van der Waals surface area contributed by atoms with E-state index in [1.807, 2.05) is 13.0 Å². The van der Waals surface area contributed by atoms with Crippen LogP contribution in [0.15, 0.2) is 6.07 Å². The van der Waals surface area contributed by atoms with Crippen LogP contribution in [0.1, 0.15) is 43.9 Å². The zero-order valence-electron chi connectivity index (χ0n) is 11.7. The molecule has 0 aliphatic rings. The molecule has 0 aliphatic carbocycles. The van der Waals surface area contributed by atoms with Crippen LogP contribution < -0.4 is 0 Å². The van der Waals surface area contributed by atoms with Crippen LogP contribution in [0.3, 0.4) is 0 Å². The standard InChI is InChI=1S/C13H18N4O2/c1-5-10(6-2)16-13-11(14-15-16)7-8(3)9(4)12(13)17(18)19/h7,10H,5-6H2,1-4H3. The monoisotopic (exact) mass is 262 g/mol. The summed E-state index contributed by atoms with van der Waals surface area (Å²) in [4.78, 5) is 11.0. The molecular formula is C13H18N4O2. The summed E-state index contributed by atoms with van der Waals surface area (Å²) >= 11 is 0. The fourth-order valence-corrected chi connectivity index (χ4v) is 2.42. The second-order valence-corrected chi connectivity index (χ2v) is 4.80. The molecule has 0 amide bonds. The van der Waals surface area contributed by atoms with E-state index in [9.17, 15) is 10.1 Å². The number of hydrogen-bond donors (Lipinski definition) is 0. The number of aromatic nitrogens is 3. The number of nitro groups is 1. The third-order valence-electron chi connectivity index (χ3n) is 3.72. The first-order valence-corrected chi connectivity index (χ1v) is 6.50. The Bertz CT molecular complexity index is 629. The van der Waals surface area contributed by atoms with E-state index in [-0.39, 0.29) is 16.7 Å². The number of fused-ring (bicyclic) bond motifs is 1. The van der Waals surface area contributed by atoms with Gasteiger partial charge in [-0.05, 0) is 38.3 Å². The minimum Gasteiger partial charge on any atom is -0.258 e. The quantitative estimate of drug-likeness (QED) is 0.625. The van der Waals surface area contributed by atoms with Crippen LogP contribution in [0.2, 0.25) is 0 Å². The average Bonchev–Trinajstić information content (AvgIpc) is 2.75. The smallest absolute Gasteiger partial charge is 0.258 e. The second-order valence-electron chi connectivity index (χ2n) is 4.80. The van der Waals surface area contributed by atoms with Gasteiger partial charge in [-0.15, -0.1) is 5.10 Å². The molecule has 0 radical (unpaired) electrons. The van der Waals surface area contributed by atoms with Crippen LogP contribution in [0, 0.1) is 24.0 Å². The summed E-state index contributed by atoms with van der Waals surface area (Å²) in [5.74, 6) is 0. The highest BCUT2D eigenvalue weighted by Gasteiger charge is 2.25. The van der Waals surface area contributed by atoms with Crippen molar-refractivity contribution >= 4 is 16.7 Å². The second kappa shape index (κ2) is 4.95. The summed E-state index contributed by atoms with van der Waals surface area (Å²) in [6, 6.07) is 2.01. The predicted molar refractivity (Wildman–Crippen MR) is 73.3 cm³/mol. The summed E-state index contributed by atoms with van der Waals surface area (Å²) in [5.41, 5.74) is 2.83. The molecule has 6 nitrogen and oxygen atoms in total. The Morgan fingerprint density at radius 1 is 1.37 bits per heavy atom. The fourth-order valence-electron chi connectivity index (χ4n) is 2.42. The molecule has 0 unspecified atom stereocenters. The largest absolute Gasteiger partial charge is 0.299 e. The van der Waals surface area contributed by atoms with Gasteiger partial charge in [0.2, 0.25) is 0 Å². The van der Waals surface area contributed by atoms with Gasteiger partial charge in [0.05, 0.1) is 11.0 Å². The van der Waals surface area contributed by atoms with Gasteiger partial charge in [0.1, 0.15) is 5.52 Å². The molecule has 0 spiro atoms. The zero-order chi connectivity index (χ0) is 14.2. The van der Waals surface area contributed by atoms with Gasteiger partial charge in [-0.25, -0.2) is 4.68 Å². The molecule has 0 saturated heterocycles. The van der Waals surface area contributed by atoms with Gasteiger partial charge >= 0.3 is 0 Å². The first-order chi connectivity index (χ1) is 9.01. The lowest BCUT2D eigenvalue weighted by atomic mass is 10.1. The molecule has 1 aromatic heterocycles. The Balaban J connectivity index is 2.83. The van der Waals surface area contributed by atoms with Crippen LogP contribution in [-0.4, -0.2) is 19.9 Å². The highest BCUT2D eigenvalue weighted by molar-refractivity contribution is 5.87. The Morgan fingerprint density at radius 2 is 2.00 bits per heavy atom. The van der Waals surface area contributed by atoms with Crippen molar-refractivity contribution in [2.24, 2.45) is 0 Å². The van der Waals surface area contributed by atoms with Crippen molar-refractivity contribution in [3.8, 4) is 0 Å². The van der Waals surface area contributed by atoms with Crippen molar-refractivity contribution in [2.45, 2.75) is 46.6 Å². The Labute approximate surface area is 111 Å². The number of aryl methyl sites for hydroxylation is 1. The molecule has 0 fully saturated rings. The highest BCUT2D eigenvalue weighted by Crippen LogP contribution is 2.33. The average molecular weight is 262 g/mol. The highest BCUT2D eigenvalue weighted by atomic mass is 16.6. The Kier molecular flexibility index (Phi) is 3.50. The van der Waals surface area contributed by atoms with E-state index in [0.717, 1.165) is 18.4 Å². The van der Waals surface area contributed by atoms with E-state index >= 15 is 0 Å². The number of nitro benzene ring substituents is 1. The van der Waals surface area contributed by atoms with E-state index in [2.05, 4.69) is 24.2 Å². The number of rotatable bonds is 4. The molecule has 0 aliphatic heterocycles. The summed E-state index contributed by atoms with van der Waals surface area (Å²) < 4.78 is 1.71. The van der Waals surface area contributed by atoms with Crippen LogP contribution in [-0.2, 0) is 0 Å². The topological polar surface area (TPSA) is 73.8 Å². The minimum atomic E-state index is -0.326. The maximum Gasteiger partial charge on any atom is 0.299 e. The van der Waals surface area contributed by atoms with Gasteiger partial charge in [0.15, 0.2) is 5.52 Å². The van der Waals surface area contributed by atoms with Crippen LogP contribution in [0.4, 0.5) is 5.69 Å². The van der Waals surface area contributed by atoms with Crippen molar-refractivity contribution in [1.29, 1.82) is 0 Å². The summed E-state index contributed by atoms with van der Waals surface area (Å²) in [7, 11) is 0. The van der Waals surface area contributed by atoms with Crippen molar-refractivity contribution in [3.63, 3.8) is 0 Å². The molecule has 1 aromatic carbocycles. The Morgan fingerprint density at radius 3 is 2.53 bits per heavy atom. The van der Waals surface area contributed by atoms with Gasteiger partial charge < -0.3 is 0 Å². The van der Waals surface area contributed by atoms with E-state index < -0.39 is 0 Å². The SMILES string of the molecule is CCC(CC)n1nnc2cc(C)c(C)c([N+](=O)[O-])c21. The first-order valence-electron chi connectivity index (χ1n) is 6.50. The third-order valence-corrected chi connectivity index (χ3v) is 3.72. The molecule has 0 bridgehead atoms. The molecule has 2 rings (SSSR count). The van der Waals surface area contributed by atoms with Gasteiger partial charge in [0, 0.05) is 5.56 Å². The fraction of sp³-hybridized carbons (Fsp3) is 0.538. The van der Waals surface area contributed by atoms with Crippen molar-refractivity contribution in [3.05, 3.63) is 27.3 Å². The molecule has 6 heteroatoms. The van der Waals surface area contributed by atoms with Gasteiger partial charge in [-0.3, -0.25) is 10.1 Å². The lowest BCUT2D eigenvalue weighted by molar-refractivity contribution is -0.383. The van der Waals surface area contributed by atoms with Gasteiger partial charge in [-0.1, -0.05) is 19.1 Å². The van der Waals surface area contributed by atoms with Gasteiger partial charge in [-0.2, -0.15) is 0 Å². The van der Waals surface area contributed by atoms with Crippen LogP contribution in [0.5, 0.6) is 0 Å². The molecule has 2 aromatic rings. The van der Waals surface area contributed by atoms with Crippen LogP contribution >= 0.6 is 0 Å².